The maximum atomic E-state index is 12.7. The first kappa shape index (κ1) is 14.6. The van der Waals surface area contributed by atoms with Gasteiger partial charge in [0.25, 0.3) is 0 Å². The van der Waals surface area contributed by atoms with Gasteiger partial charge >= 0.3 is 12.4 Å². The van der Waals surface area contributed by atoms with Crippen LogP contribution in [-0.4, -0.2) is 4.98 Å². The van der Waals surface area contributed by atoms with E-state index in [0.29, 0.717) is 17.4 Å². The number of nitrogens with two attached hydrogens (primary N) is 1. The quantitative estimate of drug-likeness (QED) is 0.791. The van der Waals surface area contributed by atoms with E-state index in [-0.39, 0.29) is 10.7 Å². The van der Waals surface area contributed by atoms with E-state index in [9.17, 15) is 26.3 Å². The van der Waals surface area contributed by atoms with Crippen LogP contribution >= 0.6 is 11.3 Å². The van der Waals surface area contributed by atoms with Gasteiger partial charge in [-0.2, -0.15) is 26.3 Å². The van der Waals surface area contributed by atoms with Gasteiger partial charge in [0.15, 0.2) is 10.8 Å². The van der Waals surface area contributed by atoms with Crippen LogP contribution in [0, 0.1) is 0 Å². The molecule has 0 aliphatic rings. The Labute approximate surface area is 112 Å². The molecule has 20 heavy (non-hydrogen) atoms. The first-order chi connectivity index (χ1) is 9.09. The number of anilines is 1. The number of nitrogen functional groups attached to an aromatic ring is 1. The molecule has 9 heteroatoms. The van der Waals surface area contributed by atoms with E-state index in [2.05, 4.69) is 4.98 Å². The SMILES string of the molecule is Nc1nc(C(F)(F)F)c(-c2cccc(C(F)(F)F)c2)s1. The first-order valence-electron chi connectivity index (χ1n) is 5.10. The number of hydrogen-bond acceptors (Lipinski definition) is 3. The van der Waals surface area contributed by atoms with Crippen molar-refractivity contribution in [2.24, 2.45) is 0 Å². The lowest BCUT2D eigenvalue weighted by Gasteiger charge is -2.09. The Morgan fingerprint density at radius 1 is 1.00 bits per heavy atom. The molecule has 0 radical (unpaired) electrons. The highest BCUT2D eigenvalue weighted by molar-refractivity contribution is 7.18. The summed E-state index contributed by atoms with van der Waals surface area (Å²) >= 11 is 0.493. The average Bonchev–Trinajstić information content (AvgIpc) is 2.70. The third kappa shape index (κ3) is 2.87. The molecular weight excluding hydrogens is 306 g/mol. The molecule has 2 nitrogen and oxygen atoms in total. The lowest BCUT2D eigenvalue weighted by atomic mass is 10.1. The Kier molecular flexibility index (Phi) is 3.41. The Morgan fingerprint density at radius 3 is 2.20 bits per heavy atom. The number of halogens is 6. The lowest BCUT2D eigenvalue weighted by molar-refractivity contribution is -0.140. The first-order valence-corrected chi connectivity index (χ1v) is 5.92. The summed E-state index contributed by atoms with van der Waals surface area (Å²) in [5.74, 6) is 0. The number of hydrogen-bond donors (Lipinski definition) is 1. The fourth-order valence-corrected chi connectivity index (χ4v) is 2.41. The van der Waals surface area contributed by atoms with Crippen molar-refractivity contribution in [1.29, 1.82) is 0 Å². The topological polar surface area (TPSA) is 38.9 Å². The fraction of sp³-hybridized carbons (Fsp3) is 0.182. The smallest absolute Gasteiger partial charge is 0.375 e. The van der Waals surface area contributed by atoms with E-state index in [1.807, 2.05) is 0 Å². The summed E-state index contributed by atoms with van der Waals surface area (Å²) in [5.41, 5.74) is 2.69. The van der Waals surface area contributed by atoms with Crippen LogP contribution in [0.4, 0.5) is 31.5 Å². The zero-order valence-corrected chi connectivity index (χ0v) is 10.3. The molecule has 0 fully saturated rings. The van der Waals surface area contributed by atoms with Crippen LogP contribution < -0.4 is 5.73 Å². The monoisotopic (exact) mass is 312 g/mol. The zero-order valence-electron chi connectivity index (χ0n) is 9.51. The number of thiazole rings is 1. The Balaban J connectivity index is 2.58. The predicted octanol–water partition coefficient (Wildman–Crippen LogP) is 4.43. The van der Waals surface area contributed by atoms with Gasteiger partial charge in [-0.05, 0) is 17.7 Å². The Bertz CT molecular complexity index is 629. The van der Waals surface area contributed by atoms with Crippen LogP contribution in [0.1, 0.15) is 11.3 Å². The van der Waals surface area contributed by atoms with Gasteiger partial charge in [-0.3, -0.25) is 0 Å². The molecule has 0 unspecified atom stereocenters. The van der Waals surface area contributed by atoms with Crippen molar-refractivity contribution in [3.8, 4) is 10.4 Å². The Morgan fingerprint density at radius 2 is 1.65 bits per heavy atom. The molecule has 0 aliphatic heterocycles. The summed E-state index contributed by atoms with van der Waals surface area (Å²) in [7, 11) is 0. The van der Waals surface area contributed by atoms with Gasteiger partial charge in [0.1, 0.15) is 0 Å². The van der Waals surface area contributed by atoms with Gasteiger partial charge in [0.2, 0.25) is 0 Å². The van der Waals surface area contributed by atoms with Crippen molar-refractivity contribution >= 4 is 16.5 Å². The van der Waals surface area contributed by atoms with E-state index in [1.165, 1.54) is 0 Å². The van der Waals surface area contributed by atoms with Gasteiger partial charge in [-0.1, -0.05) is 23.5 Å². The predicted molar refractivity (Wildman–Crippen MR) is 62.0 cm³/mol. The second kappa shape index (κ2) is 4.65. The van der Waals surface area contributed by atoms with E-state index in [0.717, 1.165) is 18.2 Å². The summed E-state index contributed by atoms with van der Waals surface area (Å²) in [4.78, 5) is 2.71. The van der Waals surface area contributed by atoms with Crippen molar-refractivity contribution < 1.29 is 26.3 Å². The molecule has 0 saturated carbocycles. The van der Waals surface area contributed by atoms with Crippen LogP contribution in [0.3, 0.4) is 0 Å². The van der Waals surface area contributed by atoms with Crippen molar-refractivity contribution in [1.82, 2.24) is 4.98 Å². The van der Waals surface area contributed by atoms with Crippen LogP contribution in [-0.2, 0) is 12.4 Å². The number of aromatic nitrogens is 1. The standard InChI is InChI=1S/C11H6F6N2S/c12-10(13,14)6-3-1-2-5(4-6)7-8(11(15,16)17)19-9(18)20-7/h1-4H,(H2,18,19). The zero-order chi connectivity index (χ0) is 15.1. The summed E-state index contributed by atoms with van der Waals surface area (Å²) in [6.07, 6.45) is -9.41. The fourth-order valence-electron chi connectivity index (χ4n) is 1.56. The summed E-state index contributed by atoms with van der Waals surface area (Å²) in [6, 6.07) is 3.61. The minimum absolute atomic E-state index is 0.221. The second-order valence-electron chi connectivity index (χ2n) is 3.81. The minimum atomic E-state index is -4.78. The van der Waals surface area contributed by atoms with Crippen LogP contribution in [0.2, 0.25) is 0 Å². The van der Waals surface area contributed by atoms with Crippen LogP contribution in [0.5, 0.6) is 0 Å². The van der Waals surface area contributed by atoms with E-state index in [1.54, 1.807) is 0 Å². The highest BCUT2D eigenvalue weighted by Gasteiger charge is 2.38. The molecular formula is C11H6F6N2S. The van der Waals surface area contributed by atoms with Crippen LogP contribution in [0.15, 0.2) is 24.3 Å². The van der Waals surface area contributed by atoms with E-state index < -0.39 is 28.5 Å². The second-order valence-corrected chi connectivity index (χ2v) is 4.84. The molecule has 1 aromatic heterocycles. The van der Waals surface area contributed by atoms with Crippen LogP contribution in [0.25, 0.3) is 10.4 Å². The molecule has 108 valence electrons. The minimum Gasteiger partial charge on any atom is -0.375 e. The highest BCUT2D eigenvalue weighted by atomic mass is 32.1. The van der Waals surface area contributed by atoms with Crippen molar-refractivity contribution in [3.63, 3.8) is 0 Å². The van der Waals surface area contributed by atoms with Crippen molar-refractivity contribution in [3.05, 3.63) is 35.5 Å². The van der Waals surface area contributed by atoms with E-state index >= 15 is 0 Å². The largest absolute Gasteiger partial charge is 0.434 e. The molecule has 0 bridgehead atoms. The van der Waals surface area contributed by atoms with Gasteiger partial charge in [-0.25, -0.2) is 4.98 Å². The summed E-state index contributed by atoms with van der Waals surface area (Å²) in [5, 5.41) is -0.357. The van der Waals surface area contributed by atoms with Crippen molar-refractivity contribution in [2.75, 3.05) is 5.73 Å². The molecule has 0 spiro atoms. The summed E-state index contributed by atoms with van der Waals surface area (Å²) in [6.45, 7) is 0. The van der Waals surface area contributed by atoms with E-state index in [4.69, 9.17) is 5.73 Å². The normalized spacial score (nSPS) is 12.7. The molecule has 1 heterocycles. The third-order valence-electron chi connectivity index (χ3n) is 2.36. The summed E-state index contributed by atoms with van der Waals surface area (Å²) < 4.78 is 75.9. The molecule has 0 aliphatic carbocycles. The maximum absolute atomic E-state index is 12.7. The highest BCUT2D eigenvalue weighted by Crippen LogP contribution is 2.42. The van der Waals surface area contributed by atoms with Gasteiger partial charge in [-0.15, -0.1) is 0 Å². The number of nitrogens with zero attached hydrogens (tertiary/aromatic N) is 1. The van der Waals surface area contributed by atoms with Gasteiger partial charge < -0.3 is 5.73 Å². The molecule has 0 saturated heterocycles. The molecule has 2 rings (SSSR count). The number of alkyl halides is 6. The van der Waals surface area contributed by atoms with Gasteiger partial charge in [0.05, 0.1) is 10.4 Å². The Hall–Kier alpha value is -1.77. The third-order valence-corrected chi connectivity index (χ3v) is 3.30. The number of benzene rings is 1. The molecule has 2 N–H and O–H groups in total. The number of rotatable bonds is 1. The maximum Gasteiger partial charge on any atom is 0.434 e. The molecule has 0 atom stereocenters. The molecule has 0 amide bonds. The lowest BCUT2D eigenvalue weighted by Crippen LogP contribution is -2.08. The molecule has 2 aromatic rings. The van der Waals surface area contributed by atoms with Crippen molar-refractivity contribution in [2.45, 2.75) is 12.4 Å². The average molecular weight is 312 g/mol. The van der Waals surface area contributed by atoms with Gasteiger partial charge in [0, 0.05) is 0 Å². The molecule has 1 aromatic carbocycles.